The third kappa shape index (κ3) is 3.03. The van der Waals surface area contributed by atoms with Crippen LogP contribution in [0, 0.1) is 0 Å². The van der Waals surface area contributed by atoms with Crippen LogP contribution in [0.2, 0.25) is 5.02 Å². The Balaban J connectivity index is 1.80. The summed E-state index contributed by atoms with van der Waals surface area (Å²) in [5.41, 5.74) is 3.38. The van der Waals surface area contributed by atoms with E-state index in [0.717, 1.165) is 42.5 Å². The Bertz CT molecular complexity index is 581. The normalized spacial score (nSPS) is 20.2. The zero-order chi connectivity index (χ0) is 13.9. The predicted molar refractivity (Wildman–Crippen MR) is 81.8 cm³/mol. The largest absolute Gasteiger partial charge is 0.312 e. The highest BCUT2D eigenvalue weighted by atomic mass is 35.5. The minimum atomic E-state index is 0.547. The van der Waals surface area contributed by atoms with Crippen LogP contribution in [0.15, 0.2) is 30.5 Å². The van der Waals surface area contributed by atoms with Crippen LogP contribution in [0.25, 0.3) is 11.3 Å². The molecule has 0 spiro atoms. The molecule has 1 aliphatic heterocycles. The monoisotopic (exact) mass is 290 g/mol. The molecule has 3 rings (SSSR count). The SMILES string of the molecule is CC1CN(Cc2cn[nH]c2-c2cccc(Cl)c2)CCN1. The molecule has 0 radical (unpaired) electrons. The molecule has 106 valence electrons. The second kappa shape index (κ2) is 5.95. The van der Waals surface area contributed by atoms with Gasteiger partial charge >= 0.3 is 0 Å². The smallest absolute Gasteiger partial charge is 0.0695 e. The minimum absolute atomic E-state index is 0.547. The van der Waals surface area contributed by atoms with E-state index in [1.165, 1.54) is 5.56 Å². The number of rotatable bonds is 3. The van der Waals surface area contributed by atoms with E-state index in [9.17, 15) is 0 Å². The first-order valence-corrected chi connectivity index (χ1v) is 7.34. The number of H-pyrrole nitrogens is 1. The van der Waals surface area contributed by atoms with Crippen molar-refractivity contribution < 1.29 is 0 Å². The van der Waals surface area contributed by atoms with E-state index in [0.29, 0.717) is 6.04 Å². The predicted octanol–water partition coefficient (Wildman–Crippen LogP) is 2.52. The standard InChI is InChI=1S/C15H19ClN4/c1-11-9-20(6-5-17-11)10-13-8-18-19-15(13)12-3-2-4-14(16)7-12/h2-4,7-8,11,17H,5-6,9-10H2,1H3,(H,18,19). The number of aromatic nitrogens is 2. The zero-order valence-electron chi connectivity index (χ0n) is 11.6. The van der Waals surface area contributed by atoms with Gasteiger partial charge < -0.3 is 5.32 Å². The van der Waals surface area contributed by atoms with Crippen molar-refractivity contribution in [1.82, 2.24) is 20.4 Å². The number of hydrogen-bond acceptors (Lipinski definition) is 3. The molecule has 1 aromatic heterocycles. The van der Waals surface area contributed by atoms with Gasteiger partial charge in [0.25, 0.3) is 0 Å². The lowest BCUT2D eigenvalue weighted by Crippen LogP contribution is -2.48. The van der Waals surface area contributed by atoms with Gasteiger partial charge in [-0.1, -0.05) is 23.7 Å². The summed E-state index contributed by atoms with van der Waals surface area (Å²) < 4.78 is 0. The average molecular weight is 291 g/mol. The Labute approximate surface area is 124 Å². The molecule has 20 heavy (non-hydrogen) atoms. The summed E-state index contributed by atoms with van der Waals surface area (Å²) in [5.74, 6) is 0. The molecule has 0 saturated carbocycles. The summed E-state index contributed by atoms with van der Waals surface area (Å²) in [5, 5.41) is 11.5. The molecule has 5 heteroatoms. The van der Waals surface area contributed by atoms with Gasteiger partial charge in [-0.05, 0) is 19.1 Å². The molecule has 1 unspecified atom stereocenters. The number of hydrogen-bond donors (Lipinski definition) is 2. The number of halogens is 1. The Morgan fingerprint density at radius 1 is 1.45 bits per heavy atom. The van der Waals surface area contributed by atoms with Crippen LogP contribution in [0.1, 0.15) is 12.5 Å². The van der Waals surface area contributed by atoms with Crippen molar-refractivity contribution in [2.24, 2.45) is 0 Å². The Kier molecular flexibility index (Phi) is 4.05. The summed E-state index contributed by atoms with van der Waals surface area (Å²) in [6, 6.07) is 8.43. The van der Waals surface area contributed by atoms with Gasteiger partial charge in [-0.15, -0.1) is 0 Å². The van der Waals surface area contributed by atoms with Crippen molar-refractivity contribution in [2.75, 3.05) is 19.6 Å². The van der Waals surface area contributed by atoms with Crippen LogP contribution in [0.4, 0.5) is 0 Å². The summed E-state index contributed by atoms with van der Waals surface area (Å²) in [7, 11) is 0. The number of nitrogens with one attached hydrogen (secondary N) is 2. The van der Waals surface area contributed by atoms with E-state index < -0.39 is 0 Å². The number of nitrogens with zero attached hydrogens (tertiary/aromatic N) is 2. The molecule has 1 fully saturated rings. The summed E-state index contributed by atoms with van der Waals surface area (Å²) in [6.07, 6.45) is 1.92. The van der Waals surface area contributed by atoms with E-state index in [4.69, 9.17) is 11.6 Å². The fourth-order valence-electron chi connectivity index (χ4n) is 2.72. The summed E-state index contributed by atoms with van der Waals surface area (Å²) >= 11 is 6.07. The highest BCUT2D eigenvalue weighted by Crippen LogP contribution is 2.25. The number of piperazine rings is 1. The highest BCUT2D eigenvalue weighted by Gasteiger charge is 2.18. The highest BCUT2D eigenvalue weighted by molar-refractivity contribution is 6.30. The van der Waals surface area contributed by atoms with Crippen LogP contribution in [0.5, 0.6) is 0 Å². The van der Waals surface area contributed by atoms with Gasteiger partial charge in [0.15, 0.2) is 0 Å². The first-order chi connectivity index (χ1) is 9.72. The summed E-state index contributed by atoms with van der Waals surface area (Å²) in [6.45, 7) is 6.33. The lowest BCUT2D eigenvalue weighted by atomic mass is 10.1. The van der Waals surface area contributed by atoms with Crippen LogP contribution in [0.3, 0.4) is 0 Å². The molecule has 1 saturated heterocycles. The van der Waals surface area contributed by atoms with Crippen LogP contribution >= 0.6 is 11.6 Å². The van der Waals surface area contributed by atoms with E-state index in [2.05, 4.69) is 33.4 Å². The molecule has 1 aliphatic rings. The number of aromatic amines is 1. The molecule has 1 atom stereocenters. The van der Waals surface area contributed by atoms with Gasteiger partial charge in [-0.25, -0.2) is 0 Å². The van der Waals surface area contributed by atoms with Crippen molar-refractivity contribution in [3.8, 4) is 11.3 Å². The second-order valence-electron chi connectivity index (χ2n) is 5.37. The average Bonchev–Trinajstić information content (AvgIpc) is 2.87. The molecule has 2 N–H and O–H groups in total. The van der Waals surface area contributed by atoms with Gasteiger partial charge in [0.05, 0.1) is 11.9 Å². The minimum Gasteiger partial charge on any atom is -0.312 e. The van der Waals surface area contributed by atoms with Crippen molar-refractivity contribution in [2.45, 2.75) is 19.5 Å². The molecule has 0 amide bonds. The van der Waals surface area contributed by atoms with Gasteiger partial charge in [-0.3, -0.25) is 10.00 Å². The lowest BCUT2D eigenvalue weighted by Gasteiger charge is -2.31. The van der Waals surface area contributed by atoms with Crippen molar-refractivity contribution in [1.29, 1.82) is 0 Å². The third-order valence-corrected chi connectivity index (χ3v) is 3.91. The molecule has 4 nitrogen and oxygen atoms in total. The Morgan fingerprint density at radius 3 is 3.15 bits per heavy atom. The van der Waals surface area contributed by atoms with Crippen LogP contribution < -0.4 is 5.32 Å². The second-order valence-corrected chi connectivity index (χ2v) is 5.81. The summed E-state index contributed by atoms with van der Waals surface area (Å²) in [4.78, 5) is 2.46. The van der Waals surface area contributed by atoms with E-state index in [1.807, 2.05) is 24.4 Å². The fourth-order valence-corrected chi connectivity index (χ4v) is 2.91. The van der Waals surface area contributed by atoms with Crippen molar-refractivity contribution in [3.63, 3.8) is 0 Å². The van der Waals surface area contributed by atoms with E-state index >= 15 is 0 Å². The maximum absolute atomic E-state index is 6.07. The zero-order valence-corrected chi connectivity index (χ0v) is 12.3. The molecular weight excluding hydrogens is 272 g/mol. The molecule has 2 aromatic rings. The Morgan fingerprint density at radius 2 is 2.35 bits per heavy atom. The van der Waals surface area contributed by atoms with Gasteiger partial charge in [0.2, 0.25) is 0 Å². The first kappa shape index (κ1) is 13.6. The first-order valence-electron chi connectivity index (χ1n) is 6.96. The molecule has 2 heterocycles. The van der Waals surface area contributed by atoms with Gasteiger partial charge in [0.1, 0.15) is 0 Å². The topological polar surface area (TPSA) is 44.0 Å². The maximum Gasteiger partial charge on any atom is 0.0695 e. The lowest BCUT2D eigenvalue weighted by molar-refractivity contribution is 0.200. The number of benzene rings is 1. The van der Waals surface area contributed by atoms with E-state index in [1.54, 1.807) is 0 Å². The van der Waals surface area contributed by atoms with Crippen molar-refractivity contribution in [3.05, 3.63) is 41.0 Å². The van der Waals surface area contributed by atoms with Crippen LogP contribution in [-0.2, 0) is 6.54 Å². The molecular formula is C15H19ClN4. The molecule has 0 aliphatic carbocycles. The van der Waals surface area contributed by atoms with Crippen LogP contribution in [-0.4, -0.2) is 40.8 Å². The molecule has 0 bridgehead atoms. The molecule has 1 aromatic carbocycles. The maximum atomic E-state index is 6.07. The van der Waals surface area contributed by atoms with Gasteiger partial charge in [0, 0.05) is 48.4 Å². The Hall–Kier alpha value is -1.36. The fraction of sp³-hybridized carbons (Fsp3) is 0.400. The quantitative estimate of drug-likeness (QED) is 0.913. The third-order valence-electron chi connectivity index (χ3n) is 3.68. The van der Waals surface area contributed by atoms with Gasteiger partial charge in [-0.2, -0.15) is 5.10 Å². The van der Waals surface area contributed by atoms with Crippen molar-refractivity contribution >= 4 is 11.6 Å². The van der Waals surface area contributed by atoms with E-state index in [-0.39, 0.29) is 0 Å².